The number of aryl methyl sites for hydroxylation is 2. The number of anilines is 1. The van der Waals surface area contributed by atoms with Gasteiger partial charge in [-0.2, -0.15) is 0 Å². The zero-order valence-electron chi connectivity index (χ0n) is 14.6. The Hall–Kier alpha value is -2.86. The molecule has 1 amide bonds. The Morgan fingerprint density at radius 1 is 1.31 bits per heavy atom. The SMILES string of the molecule is COc1cc(C)cc2oc(=O)c(CC(=O)Nc3ccc(Cl)cn3)c(C)c12. The van der Waals surface area contributed by atoms with Gasteiger partial charge in [-0.05, 0) is 49.2 Å². The van der Waals surface area contributed by atoms with E-state index in [0.29, 0.717) is 33.1 Å². The topological polar surface area (TPSA) is 81.4 Å². The number of pyridine rings is 1. The predicted octanol–water partition coefficient (Wildman–Crippen LogP) is 3.65. The molecule has 134 valence electrons. The Morgan fingerprint density at radius 2 is 2.08 bits per heavy atom. The van der Waals surface area contributed by atoms with E-state index in [4.69, 9.17) is 20.8 Å². The third-order valence-corrected chi connectivity index (χ3v) is 4.26. The number of aromatic nitrogens is 1. The first-order valence-corrected chi connectivity index (χ1v) is 8.29. The summed E-state index contributed by atoms with van der Waals surface area (Å²) in [7, 11) is 1.55. The van der Waals surface area contributed by atoms with Crippen LogP contribution in [0, 0.1) is 13.8 Å². The van der Waals surface area contributed by atoms with E-state index in [-0.39, 0.29) is 17.9 Å². The molecule has 6 nitrogen and oxygen atoms in total. The van der Waals surface area contributed by atoms with E-state index in [9.17, 15) is 9.59 Å². The van der Waals surface area contributed by atoms with Crippen molar-refractivity contribution in [3.8, 4) is 5.75 Å². The number of methoxy groups -OCH3 is 1. The normalized spacial score (nSPS) is 10.8. The molecule has 0 aliphatic heterocycles. The summed E-state index contributed by atoms with van der Waals surface area (Å²) in [6, 6.07) is 6.83. The van der Waals surface area contributed by atoms with E-state index in [2.05, 4.69) is 10.3 Å². The number of fused-ring (bicyclic) bond motifs is 1. The number of benzene rings is 1. The molecule has 0 saturated carbocycles. The van der Waals surface area contributed by atoms with Gasteiger partial charge in [-0.15, -0.1) is 0 Å². The Kier molecular flexibility index (Phi) is 4.95. The number of rotatable bonds is 4. The number of nitrogens with zero attached hydrogens (tertiary/aromatic N) is 1. The standard InChI is InChI=1S/C19H17ClN2O4/c1-10-6-14(25-3)18-11(2)13(19(24)26-15(18)7-10)8-17(23)22-16-5-4-12(20)9-21-16/h4-7,9H,8H2,1-3H3,(H,21,22,23). The van der Waals surface area contributed by atoms with Gasteiger partial charge in [-0.1, -0.05) is 11.6 Å². The Balaban J connectivity index is 1.97. The number of amides is 1. The second-order valence-electron chi connectivity index (χ2n) is 5.92. The summed E-state index contributed by atoms with van der Waals surface area (Å²) in [5, 5.41) is 3.79. The fraction of sp³-hybridized carbons (Fsp3) is 0.211. The van der Waals surface area contributed by atoms with Gasteiger partial charge in [0, 0.05) is 6.20 Å². The molecular weight excluding hydrogens is 356 g/mol. The molecule has 0 bridgehead atoms. The number of carbonyl (C=O) groups excluding carboxylic acids is 1. The minimum absolute atomic E-state index is 0.133. The summed E-state index contributed by atoms with van der Waals surface area (Å²) >= 11 is 5.77. The van der Waals surface area contributed by atoms with E-state index in [0.717, 1.165) is 5.56 Å². The van der Waals surface area contributed by atoms with Crippen molar-refractivity contribution >= 4 is 34.3 Å². The molecule has 1 aromatic carbocycles. The van der Waals surface area contributed by atoms with Crippen molar-refractivity contribution in [2.45, 2.75) is 20.3 Å². The molecule has 0 fully saturated rings. The summed E-state index contributed by atoms with van der Waals surface area (Å²) in [6.07, 6.45) is 1.30. The van der Waals surface area contributed by atoms with Crippen LogP contribution in [0.2, 0.25) is 5.02 Å². The van der Waals surface area contributed by atoms with Gasteiger partial charge in [0.2, 0.25) is 5.91 Å². The molecule has 0 atom stereocenters. The maximum atomic E-state index is 12.4. The fourth-order valence-corrected chi connectivity index (χ4v) is 2.91. The van der Waals surface area contributed by atoms with E-state index >= 15 is 0 Å². The molecule has 0 saturated heterocycles. The maximum Gasteiger partial charge on any atom is 0.340 e. The largest absolute Gasteiger partial charge is 0.496 e. The van der Waals surface area contributed by atoms with Crippen LogP contribution in [0.4, 0.5) is 5.82 Å². The highest BCUT2D eigenvalue weighted by molar-refractivity contribution is 6.30. The van der Waals surface area contributed by atoms with Crippen LogP contribution in [0.5, 0.6) is 5.75 Å². The molecule has 2 aromatic heterocycles. The van der Waals surface area contributed by atoms with Crippen LogP contribution in [-0.4, -0.2) is 18.0 Å². The van der Waals surface area contributed by atoms with Gasteiger partial charge >= 0.3 is 5.63 Å². The first kappa shape index (κ1) is 17.9. The van der Waals surface area contributed by atoms with Crippen molar-refractivity contribution in [3.05, 3.63) is 62.6 Å². The molecule has 0 radical (unpaired) electrons. The molecule has 2 heterocycles. The number of hydrogen-bond donors (Lipinski definition) is 1. The Bertz CT molecular complexity index is 1040. The minimum Gasteiger partial charge on any atom is -0.496 e. The number of ether oxygens (including phenoxy) is 1. The second-order valence-corrected chi connectivity index (χ2v) is 6.36. The monoisotopic (exact) mass is 372 g/mol. The van der Waals surface area contributed by atoms with Gasteiger partial charge < -0.3 is 14.5 Å². The van der Waals surface area contributed by atoms with Crippen molar-refractivity contribution in [2.75, 3.05) is 12.4 Å². The lowest BCUT2D eigenvalue weighted by Gasteiger charge is -2.12. The Labute approximate surface area is 154 Å². The van der Waals surface area contributed by atoms with Crippen molar-refractivity contribution in [1.82, 2.24) is 4.98 Å². The van der Waals surface area contributed by atoms with E-state index in [1.54, 1.807) is 32.2 Å². The summed E-state index contributed by atoms with van der Waals surface area (Å²) in [4.78, 5) is 28.7. The molecule has 3 aromatic rings. The molecule has 1 N–H and O–H groups in total. The van der Waals surface area contributed by atoms with Crippen molar-refractivity contribution in [2.24, 2.45) is 0 Å². The van der Waals surface area contributed by atoms with Gasteiger partial charge in [-0.3, -0.25) is 4.79 Å². The van der Waals surface area contributed by atoms with Crippen LogP contribution in [-0.2, 0) is 11.2 Å². The molecule has 0 aliphatic carbocycles. The number of halogens is 1. The number of hydrogen-bond acceptors (Lipinski definition) is 5. The average molecular weight is 373 g/mol. The van der Waals surface area contributed by atoms with Gasteiger partial charge in [0.1, 0.15) is 17.2 Å². The molecular formula is C19H17ClN2O4. The predicted molar refractivity (Wildman–Crippen MR) is 100 cm³/mol. The Morgan fingerprint density at radius 3 is 2.73 bits per heavy atom. The van der Waals surface area contributed by atoms with Crippen molar-refractivity contribution in [1.29, 1.82) is 0 Å². The van der Waals surface area contributed by atoms with Crippen LogP contribution < -0.4 is 15.7 Å². The van der Waals surface area contributed by atoms with E-state index in [1.807, 2.05) is 13.0 Å². The molecule has 0 aliphatic rings. The van der Waals surface area contributed by atoms with Crippen LogP contribution in [0.25, 0.3) is 11.0 Å². The zero-order valence-corrected chi connectivity index (χ0v) is 15.3. The van der Waals surface area contributed by atoms with Gasteiger partial charge in [0.05, 0.1) is 29.5 Å². The molecule has 0 spiro atoms. The highest BCUT2D eigenvalue weighted by atomic mass is 35.5. The van der Waals surface area contributed by atoms with Crippen LogP contribution >= 0.6 is 11.6 Å². The molecule has 0 unspecified atom stereocenters. The van der Waals surface area contributed by atoms with Gasteiger partial charge in [-0.25, -0.2) is 9.78 Å². The third kappa shape index (κ3) is 3.55. The minimum atomic E-state index is -0.540. The van der Waals surface area contributed by atoms with Crippen molar-refractivity contribution < 1.29 is 13.9 Å². The molecule has 3 rings (SSSR count). The number of nitrogens with one attached hydrogen (secondary N) is 1. The number of carbonyl (C=O) groups is 1. The first-order chi connectivity index (χ1) is 12.4. The van der Waals surface area contributed by atoms with Crippen molar-refractivity contribution in [3.63, 3.8) is 0 Å². The van der Waals surface area contributed by atoms with E-state index in [1.165, 1.54) is 6.20 Å². The highest BCUT2D eigenvalue weighted by Gasteiger charge is 2.18. The maximum absolute atomic E-state index is 12.4. The first-order valence-electron chi connectivity index (χ1n) is 7.91. The highest BCUT2D eigenvalue weighted by Crippen LogP contribution is 2.30. The lowest BCUT2D eigenvalue weighted by atomic mass is 10.0. The zero-order chi connectivity index (χ0) is 18.8. The van der Waals surface area contributed by atoms with Crippen LogP contribution in [0.1, 0.15) is 16.7 Å². The summed E-state index contributed by atoms with van der Waals surface area (Å²) in [6.45, 7) is 3.66. The summed E-state index contributed by atoms with van der Waals surface area (Å²) in [5.74, 6) is 0.582. The molecule has 26 heavy (non-hydrogen) atoms. The summed E-state index contributed by atoms with van der Waals surface area (Å²) < 4.78 is 10.8. The fourth-order valence-electron chi connectivity index (χ4n) is 2.80. The van der Waals surface area contributed by atoms with Crippen LogP contribution in [0.3, 0.4) is 0 Å². The lowest BCUT2D eigenvalue weighted by Crippen LogP contribution is -2.21. The average Bonchev–Trinajstić information content (AvgIpc) is 2.59. The van der Waals surface area contributed by atoms with Gasteiger partial charge in [0.15, 0.2) is 0 Å². The summed E-state index contributed by atoms with van der Waals surface area (Å²) in [5.41, 5.74) is 1.75. The lowest BCUT2D eigenvalue weighted by molar-refractivity contribution is -0.115. The van der Waals surface area contributed by atoms with Gasteiger partial charge in [0.25, 0.3) is 0 Å². The second kappa shape index (κ2) is 7.17. The quantitative estimate of drug-likeness (QED) is 0.707. The van der Waals surface area contributed by atoms with Crippen LogP contribution in [0.15, 0.2) is 39.7 Å². The molecule has 7 heteroatoms. The third-order valence-electron chi connectivity index (χ3n) is 4.04. The smallest absolute Gasteiger partial charge is 0.340 e. The van der Waals surface area contributed by atoms with E-state index < -0.39 is 5.63 Å².